The number of para-hydroxylation sites is 1. The third kappa shape index (κ3) is 1.51. The third-order valence-electron chi connectivity index (χ3n) is 2.82. The van der Waals surface area contributed by atoms with E-state index < -0.39 is 0 Å². The fraction of sp³-hybridized carbons (Fsp3) is 0.0714. The first-order chi connectivity index (χ1) is 8.29. The van der Waals surface area contributed by atoms with Crippen molar-refractivity contribution in [2.45, 2.75) is 0 Å². The highest BCUT2D eigenvalue weighted by Gasteiger charge is 2.08. The summed E-state index contributed by atoms with van der Waals surface area (Å²) in [6.45, 7) is 0. The van der Waals surface area contributed by atoms with Crippen molar-refractivity contribution >= 4 is 21.7 Å². The van der Waals surface area contributed by atoms with Crippen LogP contribution in [0.15, 0.2) is 42.5 Å². The van der Waals surface area contributed by atoms with Gasteiger partial charge in [0.05, 0.1) is 12.6 Å². The molecule has 17 heavy (non-hydrogen) atoms. The summed E-state index contributed by atoms with van der Waals surface area (Å²) in [6.07, 6.45) is 0. The average molecular weight is 227 g/mol. The molecule has 84 valence electrons. The largest absolute Gasteiger partial charge is 0.481 e. The molecule has 0 spiro atoms. The van der Waals surface area contributed by atoms with Crippen LogP contribution in [0.1, 0.15) is 0 Å². The quantitative estimate of drug-likeness (QED) is 0.593. The van der Waals surface area contributed by atoms with Crippen molar-refractivity contribution in [2.75, 3.05) is 7.11 Å². The molecule has 0 saturated carbocycles. The smallest absolute Gasteiger partial charge is 0.221 e. The molecule has 0 aliphatic carbocycles. The van der Waals surface area contributed by atoms with Gasteiger partial charge < -0.3 is 4.74 Å². The van der Waals surface area contributed by atoms with Gasteiger partial charge in [0, 0.05) is 10.8 Å². The van der Waals surface area contributed by atoms with Crippen LogP contribution in [-0.4, -0.2) is 12.1 Å². The molecule has 0 radical (unpaired) electrons. The Kier molecular flexibility index (Phi) is 2.18. The summed E-state index contributed by atoms with van der Waals surface area (Å²) in [4.78, 5) is 4.37. The van der Waals surface area contributed by atoms with Gasteiger partial charge in [0.1, 0.15) is 5.82 Å². The lowest BCUT2D eigenvalue weighted by Crippen LogP contribution is -1.91. The Morgan fingerprint density at radius 2 is 1.82 bits per heavy atom. The Hall–Kier alpha value is -2.16. The van der Waals surface area contributed by atoms with Gasteiger partial charge in [-0.2, -0.15) is 0 Å². The molecule has 3 heteroatoms. The molecule has 0 aliphatic heterocycles. The van der Waals surface area contributed by atoms with Gasteiger partial charge in [-0.05, 0) is 23.6 Å². The van der Waals surface area contributed by atoms with Gasteiger partial charge in [-0.1, -0.05) is 24.3 Å². The van der Waals surface area contributed by atoms with Gasteiger partial charge in [-0.25, -0.2) is 9.37 Å². The molecular formula is C14H10FNO. The van der Waals surface area contributed by atoms with Crippen LogP contribution in [-0.2, 0) is 0 Å². The summed E-state index contributed by atoms with van der Waals surface area (Å²) < 4.78 is 18.5. The molecule has 1 aromatic heterocycles. The van der Waals surface area contributed by atoms with Crippen molar-refractivity contribution in [3.05, 3.63) is 48.3 Å². The SMILES string of the molecule is COc1nc2ccccc2c2ccc(F)cc12. The van der Waals surface area contributed by atoms with E-state index in [-0.39, 0.29) is 5.82 Å². The minimum Gasteiger partial charge on any atom is -0.481 e. The van der Waals surface area contributed by atoms with Gasteiger partial charge in [0.15, 0.2) is 0 Å². The van der Waals surface area contributed by atoms with Gasteiger partial charge in [-0.15, -0.1) is 0 Å². The predicted molar refractivity (Wildman–Crippen MR) is 65.8 cm³/mol. The number of methoxy groups -OCH3 is 1. The van der Waals surface area contributed by atoms with Crippen LogP contribution in [0.3, 0.4) is 0 Å². The molecule has 0 unspecified atom stereocenters. The highest BCUT2D eigenvalue weighted by molar-refractivity contribution is 6.07. The van der Waals surface area contributed by atoms with Crippen LogP contribution in [0.2, 0.25) is 0 Å². The van der Waals surface area contributed by atoms with E-state index in [9.17, 15) is 4.39 Å². The van der Waals surface area contributed by atoms with Crippen LogP contribution in [0, 0.1) is 5.82 Å². The van der Waals surface area contributed by atoms with Crippen molar-refractivity contribution in [3.8, 4) is 5.88 Å². The maximum absolute atomic E-state index is 13.3. The van der Waals surface area contributed by atoms with Gasteiger partial charge in [-0.3, -0.25) is 0 Å². The molecule has 0 bridgehead atoms. The van der Waals surface area contributed by atoms with E-state index in [4.69, 9.17) is 4.74 Å². The Labute approximate surface area is 97.7 Å². The van der Waals surface area contributed by atoms with Crippen LogP contribution in [0.5, 0.6) is 5.88 Å². The zero-order valence-corrected chi connectivity index (χ0v) is 9.27. The van der Waals surface area contributed by atoms with Crippen molar-refractivity contribution in [3.63, 3.8) is 0 Å². The Morgan fingerprint density at radius 1 is 1.00 bits per heavy atom. The normalized spacial score (nSPS) is 10.9. The predicted octanol–water partition coefficient (Wildman–Crippen LogP) is 3.54. The third-order valence-corrected chi connectivity index (χ3v) is 2.82. The van der Waals surface area contributed by atoms with E-state index >= 15 is 0 Å². The molecule has 0 aliphatic rings. The number of ether oxygens (including phenoxy) is 1. The lowest BCUT2D eigenvalue weighted by atomic mass is 10.1. The number of hydrogen-bond donors (Lipinski definition) is 0. The monoisotopic (exact) mass is 227 g/mol. The average Bonchev–Trinajstić information content (AvgIpc) is 2.37. The molecular weight excluding hydrogens is 217 g/mol. The number of aromatic nitrogens is 1. The van der Waals surface area contributed by atoms with Crippen molar-refractivity contribution in [1.82, 2.24) is 4.98 Å². The zero-order chi connectivity index (χ0) is 11.8. The summed E-state index contributed by atoms with van der Waals surface area (Å²) in [5, 5.41) is 2.66. The first kappa shape index (κ1) is 10.0. The van der Waals surface area contributed by atoms with Crippen LogP contribution in [0.4, 0.5) is 4.39 Å². The van der Waals surface area contributed by atoms with Gasteiger partial charge in [0.2, 0.25) is 5.88 Å². The van der Waals surface area contributed by atoms with E-state index in [2.05, 4.69) is 4.98 Å². The molecule has 0 amide bonds. The van der Waals surface area contributed by atoms with E-state index in [1.165, 1.54) is 12.1 Å². The second-order valence-electron chi connectivity index (χ2n) is 3.83. The molecule has 0 atom stereocenters. The highest BCUT2D eigenvalue weighted by atomic mass is 19.1. The number of pyridine rings is 1. The molecule has 3 rings (SSSR count). The lowest BCUT2D eigenvalue weighted by molar-refractivity contribution is 0.405. The number of fused-ring (bicyclic) bond motifs is 3. The van der Waals surface area contributed by atoms with Crippen LogP contribution >= 0.6 is 0 Å². The van der Waals surface area contributed by atoms with Crippen LogP contribution < -0.4 is 4.74 Å². The minimum absolute atomic E-state index is 0.284. The summed E-state index contributed by atoms with van der Waals surface area (Å²) in [5.41, 5.74) is 0.850. The number of hydrogen-bond acceptors (Lipinski definition) is 2. The Bertz CT molecular complexity index is 709. The summed E-state index contributed by atoms with van der Waals surface area (Å²) in [5.74, 6) is 0.172. The topological polar surface area (TPSA) is 22.1 Å². The number of rotatable bonds is 1. The zero-order valence-electron chi connectivity index (χ0n) is 9.27. The first-order valence-corrected chi connectivity index (χ1v) is 5.31. The standard InChI is InChI=1S/C14H10FNO/c1-17-14-12-8-9(15)6-7-10(12)11-4-2-3-5-13(11)16-14/h2-8H,1H3. The van der Waals surface area contributed by atoms with Crippen molar-refractivity contribution in [2.24, 2.45) is 0 Å². The molecule has 0 fully saturated rings. The van der Waals surface area contributed by atoms with E-state index in [1.807, 2.05) is 24.3 Å². The van der Waals surface area contributed by atoms with E-state index in [0.717, 1.165) is 16.3 Å². The van der Waals surface area contributed by atoms with E-state index in [1.54, 1.807) is 13.2 Å². The maximum atomic E-state index is 13.3. The molecule has 0 saturated heterocycles. The maximum Gasteiger partial charge on any atom is 0.221 e. The lowest BCUT2D eigenvalue weighted by Gasteiger charge is -2.08. The summed E-state index contributed by atoms with van der Waals surface area (Å²) in [6, 6.07) is 12.4. The number of benzene rings is 2. The first-order valence-electron chi connectivity index (χ1n) is 5.31. The second kappa shape index (κ2) is 3.70. The fourth-order valence-electron chi connectivity index (χ4n) is 2.05. The Morgan fingerprint density at radius 3 is 2.65 bits per heavy atom. The van der Waals surface area contributed by atoms with E-state index in [0.29, 0.717) is 11.3 Å². The van der Waals surface area contributed by atoms with Crippen molar-refractivity contribution in [1.29, 1.82) is 0 Å². The minimum atomic E-state index is -0.284. The molecule has 2 nitrogen and oxygen atoms in total. The number of halogens is 1. The van der Waals surface area contributed by atoms with Crippen LogP contribution in [0.25, 0.3) is 21.7 Å². The number of nitrogens with zero attached hydrogens (tertiary/aromatic N) is 1. The van der Waals surface area contributed by atoms with Gasteiger partial charge >= 0.3 is 0 Å². The summed E-state index contributed by atoms with van der Waals surface area (Å²) >= 11 is 0. The molecule has 3 aromatic rings. The molecule has 0 N–H and O–H groups in total. The van der Waals surface area contributed by atoms with Crippen molar-refractivity contribution < 1.29 is 9.13 Å². The highest BCUT2D eigenvalue weighted by Crippen LogP contribution is 2.30. The summed E-state index contributed by atoms with van der Waals surface area (Å²) in [7, 11) is 1.54. The van der Waals surface area contributed by atoms with Gasteiger partial charge in [0.25, 0.3) is 0 Å². The Balaban J connectivity index is 2.55. The molecule has 2 aromatic carbocycles. The second-order valence-corrected chi connectivity index (χ2v) is 3.83. The fourth-order valence-corrected chi connectivity index (χ4v) is 2.05. The molecule has 1 heterocycles.